The fraction of sp³-hybridized carbons (Fsp3) is 0.357. The molecule has 1 saturated heterocycles. The van der Waals surface area contributed by atoms with Gasteiger partial charge in [0.15, 0.2) is 0 Å². The fourth-order valence-electron chi connectivity index (χ4n) is 2.39. The van der Waals surface area contributed by atoms with Crippen molar-refractivity contribution in [2.24, 2.45) is 0 Å². The van der Waals surface area contributed by atoms with Crippen molar-refractivity contribution in [3.8, 4) is 0 Å². The van der Waals surface area contributed by atoms with Gasteiger partial charge in [0.2, 0.25) is 0 Å². The Balaban J connectivity index is 1.65. The van der Waals surface area contributed by atoms with Crippen molar-refractivity contribution in [2.75, 3.05) is 6.61 Å². The minimum atomic E-state index is 0.161. The van der Waals surface area contributed by atoms with Gasteiger partial charge in [-0.15, -0.1) is 0 Å². The summed E-state index contributed by atoms with van der Waals surface area (Å²) < 4.78 is 5.83. The molecule has 4 nitrogen and oxygen atoms in total. The Morgan fingerprint density at radius 2 is 2.17 bits per heavy atom. The van der Waals surface area contributed by atoms with Crippen LogP contribution in [0, 0.1) is 0 Å². The quantitative estimate of drug-likeness (QED) is 0.864. The summed E-state index contributed by atoms with van der Waals surface area (Å²) in [4.78, 5) is 0. The van der Waals surface area contributed by atoms with Crippen LogP contribution in [0.5, 0.6) is 0 Å². The van der Waals surface area contributed by atoms with Crippen LogP contribution in [0.1, 0.15) is 23.8 Å². The van der Waals surface area contributed by atoms with Crippen molar-refractivity contribution >= 4 is 0 Å². The third-order valence-corrected chi connectivity index (χ3v) is 3.33. The number of hydrogen-bond acceptors (Lipinski definition) is 3. The van der Waals surface area contributed by atoms with Gasteiger partial charge in [0.05, 0.1) is 6.10 Å². The predicted molar refractivity (Wildman–Crippen MR) is 69.0 cm³/mol. The van der Waals surface area contributed by atoms with Gasteiger partial charge < -0.3 is 10.1 Å². The lowest BCUT2D eigenvalue weighted by Gasteiger charge is -2.19. The first-order valence-corrected chi connectivity index (χ1v) is 6.31. The number of hydrogen-bond donors (Lipinski definition) is 2. The van der Waals surface area contributed by atoms with Crippen molar-refractivity contribution < 1.29 is 4.74 Å². The molecule has 0 spiro atoms. The molecular weight excluding hydrogens is 226 g/mol. The SMILES string of the molecule is c1ccc([C@@H]2OCC[C@@H]2NCc2ccn[nH]2)cc1. The molecule has 4 heteroatoms. The van der Waals surface area contributed by atoms with E-state index in [4.69, 9.17) is 4.74 Å². The number of benzene rings is 1. The van der Waals surface area contributed by atoms with Gasteiger partial charge in [0.25, 0.3) is 0 Å². The van der Waals surface area contributed by atoms with Gasteiger partial charge in [-0.05, 0) is 18.1 Å². The number of rotatable bonds is 4. The second-order valence-corrected chi connectivity index (χ2v) is 4.56. The maximum atomic E-state index is 5.83. The summed E-state index contributed by atoms with van der Waals surface area (Å²) in [6.07, 6.45) is 2.99. The first kappa shape index (κ1) is 11.4. The number of nitrogens with one attached hydrogen (secondary N) is 2. The summed E-state index contributed by atoms with van der Waals surface area (Å²) in [6, 6.07) is 12.8. The Labute approximate surface area is 106 Å². The number of aromatic nitrogens is 2. The van der Waals surface area contributed by atoms with E-state index in [9.17, 15) is 0 Å². The monoisotopic (exact) mass is 243 g/mol. The lowest BCUT2D eigenvalue weighted by Crippen LogP contribution is -2.31. The lowest BCUT2D eigenvalue weighted by atomic mass is 10.0. The van der Waals surface area contributed by atoms with Gasteiger partial charge in [-0.25, -0.2) is 0 Å². The molecule has 3 rings (SSSR count). The Kier molecular flexibility index (Phi) is 3.39. The van der Waals surface area contributed by atoms with Crippen LogP contribution < -0.4 is 5.32 Å². The third kappa shape index (κ3) is 2.44. The van der Waals surface area contributed by atoms with Crippen LogP contribution in [0.3, 0.4) is 0 Å². The molecule has 0 aliphatic carbocycles. The van der Waals surface area contributed by atoms with E-state index in [1.165, 1.54) is 5.56 Å². The second kappa shape index (κ2) is 5.33. The molecule has 1 aliphatic heterocycles. The van der Waals surface area contributed by atoms with E-state index in [2.05, 4.69) is 39.8 Å². The largest absolute Gasteiger partial charge is 0.372 e. The number of aromatic amines is 1. The highest BCUT2D eigenvalue weighted by Crippen LogP contribution is 2.28. The molecule has 2 N–H and O–H groups in total. The van der Waals surface area contributed by atoms with E-state index in [1.54, 1.807) is 6.20 Å². The topological polar surface area (TPSA) is 49.9 Å². The molecule has 1 fully saturated rings. The summed E-state index contributed by atoms with van der Waals surface area (Å²) in [5, 5.41) is 10.4. The number of nitrogens with zero attached hydrogens (tertiary/aromatic N) is 1. The van der Waals surface area contributed by atoms with E-state index in [-0.39, 0.29) is 6.10 Å². The molecule has 0 amide bonds. The van der Waals surface area contributed by atoms with Crippen LogP contribution in [-0.2, 0) is 11.3 Å². The summed E-state index contributed by atoms with van der Waals surface area (Å²) in [5.41, 5.74) is 2.35. The summed E-state index contributed by atoms with van der Waals surface area (Å²) in [5.74, 6) is 0. The molecule has 2 atom stereocenters. The van der Waals surface area contributed by atoms with Crippen molar-refractivity contribution in [1.82, 2.24) is 15.5 Å². The van der Waals surface area contributed by atoms with Gasteiger partial charge in [-0.3, -0.25) is 5.10 Å². The average molecular weight is 243 g/mol. The van der Waals surface area contributed by atoms with Gasteiger partial charge >= 0.3 is 0 Å². The standard InChI is InChI=1S/C14H17N3O/c1-2-4-11(5-3-1)14-13(7-9-18-14)15-10-12-6-8-16-17-12/h1-6,8,13-15H,7,9-10H2,(H,16,17)/t13-,14-/m0/s1. The van der Waals surface area contributed by atoms with Gasteiger partial charge in [-0.1, -0.05) is 30.3 Å². The smallest absolute Gasteiger partial charge is 0.0978 e. The minimum absolute atomic E-state index is 0.161. The number of H-pyrrole nitrogens is 1. The maximum absolute atomic E-state index is 5.83. The third-order valence-electron chi connectivity index (χ3n) is 3.33. The Bertz CT molecular complexity index is 469. The Morgan fingerprint density at radius 3 is 2.94 bits per heavy atom. The zero-order valence-corrected chi connectivity index (χ0v) is 10.2. The Hall–Kier alpha value is -1.65. The summed E-state index contributed by atoms with van der Waals surface area (Å²) >= 11 is 0. The van der Waals surface area contributed by atoms with Crippen LogP contribution in [0.4, 0.5) is 0 Å². The molecule has 94 valence electrons. The molecule has 1 aromatic carbocycles. The maximum Gasteiger partial charge on any atom is 0.0978 e. The molecule has 0 radical (unpaired) electrons. The zero-order valence-electron chi connectivity index (χ0n) is 10.2. The van der Waals surface area contributed by atoms with Crippen molar-refractivity contribution in [2.45, 2.75) is 25.1 Å². The molecule has 0 saturated carbocycles. The number of ether oxygens (including phenoxy) is 1. The zero-order chi connectivity index (χ0) is 12.2. The van der Waals surface area contributed by atoms with E-state index < -0.39 is 0 Å². The van der Waals surface area contributed by atoms with Crippen LogP contribution in [0.2, 0.25) is 0 Å². The van der Waals surface area contributed by atoms with Crippen LogP contribution in [0.15, 0.2) is 42.6 Å². The molecule has 2 aromatic rings. The van der Waals surface area contributed by atoms with Crippen molar-refractivity contribution in [3.05, 3.63) is 53.9 Å². The minimum Gasteiger partial charge on any atom is -0.372 e. The van der Waals surface area contributed by atoms with Crippen LogP contribution in [-0.4, -0.2) is 22.8 Å². The highest BCUT2D eigenvalue weighted by Gasteiger charge is 2.28. The van der Waals surface area contributed by atoms with Crippen LogP contribution in [0.25, 0.3) is 0 Å². The summed E-state index contributed by atoms with van der Waals surface area (Å²) in [7, 11) is 0. The molecular formula is C14H17N3O. The average Bonchev–Trinajstić information content (AvgIpc) is 3.09. The normalized spacial score (nSPS) is 23.3. The molecule has 2 heterocycles. The Morgan fingerprint density at radius 1 is 1.28 bits per heavy atom. The predicted octanol–water partition coefficient (Wildman–Crippen LogP) is 2.03. The van der Waals surface area contributed by atoms with Gasteiger partial charge in [-0.2, -0.15) is 5.10 Å². The van der Waals surface area contributed by atoms with E-state index in [0.29, 0.717) is 6.04 Å². The van der Waals surface area contributed by atoms with E-state index in [1.807, 2.05) is 12.1 Å². The van der Waals surface area contributed by atoms with Crippen molar-refractivity contribution in [3.63, 3.8) is 0 Å². The van der Waals surface area contributed by atoms with Gasteiger partial charge in [0, 0.05) is 31.1 Å². The van der Waals surface area contributed by atoms with Crippen molar-refractivity contribution in [1.29, 1.82) is 0 Å². The van der Waals surface area contributed by atoms with E-state index >= 15 is 0 Å². The van der Waals surface area contributed by atoms with E-state index in [0.717, 1.165) is 25.3 Å². The summed E-state index contributed by atoms with van der Waals surface area (Å²) in [6.45, 7) is 1.62. The van der Waals surface area contributed by atoms with Crippen LogP contribution >= 0.6 is 0 Å². The highest BCUT2D eigenvalue weighted by atomic mass is 16.5. The highest BCUT2D eigenvalue weighted by molar-refractivity contribution is 5.20. The first-order chi connectivity index (χ1) is 8.93. The fourth-order valence-corrected chi connectivity index (χ4v) is 2.39. The molecule has 0 unspecified atom stereocenters. The molecule has 1 aliphatic rings. The molecule has 1 aromatic heterocycles. The lowest BCUT2D eigenvalue weighted by molar-refractivity contribution is 0.0984. The van der Waals surface area contributed by atoms with Gasteiger partial charge in [0.1, 0.15) is 0 Å². The second-order valence-electron chi connectivity index (χ2n) is 4.56. The molecule has 18 heavy (non-hydrogen) atoms. The first-order valence-electron chi connectivity index (χ1n) is 6.31. The molecule has 0 bridgehead atoms.